The van der Waals surface area contributed by atoms with E-state index < -0.39 is 0 Å². The average molecular weight is 261 g/mol. The van der Waals surface area contributed by atoms with Crippen LogP contribution in [0.25, 0.3) is 5.57 Å². The molecule has 1 aliphatic heterocycles. The summed E-state index contributed by atoms with van der Waals surface area (Å²) < 4.78 is 0. The zero-order chi connectivity index (χ0) is 13.8. The van der Waals surface area contributed by atoms with Gasteiger partial charge in [-0.1, -0.05) is 60.7 Å². The van der Waals surface area contributed by atoms with Crippen molar-refractivity contribution in [1.29, 1.82) is 0 Å². The van der Waals surface area contributed by atoms with Gasteiger partial charge < -0.3 is 4.90 Å². The van der Waals surface area contributed by atoms with Gasteiger partial charge in [0.2, 0.25) is 0 Å². The molecule has 0 amide bonds. The Kier molecular flexibility index (Phi) is 3.69. The van der Waals surface area contributed by atoms with Crippen molar-refractivity contribution < 1.29 is 0 Å². The molecule has 0 atom stereocenters. The molecule has 1 heterocycles. The van der Waals surface area contributed by atoms with Crippen LogP contribution in [0.4, 0.5) is 0 Å². The quantitative estimate of drug-likeness (QED) is 0.729. The molecule has 3 rings (SSSR count). The van der Waals surface area contributed by atoms with Crippen LogP contribution in [0, 0.1) is 0 Å². The highest BCUT2D eigenvalue weighted by molar-refractivity contribution is 5.73. The number of allylic oxidation sites excluding steroid dienone is 3. The fourth-order valence-corrected chi connectivity index (χ4v) is 2.64. The predicted molar refractivity (Wildman–Crippen MR) is 84.9 cm³/mol. The van der Waals surface area contributed by atoms with Gasteiger partial charge in [0, 0.05) is 19.3 Å². The van der Waals surface area contributed by atoms with Crippen molar-refractivity contribution in [2.45, 2.75) is 20.0 Å². The van der Waals surface area contributed by atoms with Crippen molar-refractivity contribution in [2.24, 2.45) is 0 Å². The molecule has 2 aromatic carbocycles. The molecule has 1 nitrogen and oxygen atoms in total. The number of fused-ring (bicyclic) bond motifs is 1. The minimum Gasteiger partial charge on any atom is -0.369 e. The Labute approximate surface area is 120 Å². The lowest BCUT2D eigenvalue weighted by Gasteiger charge is -2.11. The standard InChI is InChI=1S/C19H19N/c1-2-16(17-8-4-3-5-9-17)12-13-20-14-18-10-6-7-11-19(18)15-20/h2-13H,14-15H2,1H3/b13-12+,16-2-. The van der Waals surface area contributed by atoms with Crippen LogP contribution in [0.5, 0.6) is 0 Å². The molecule has 2 aromatic rings. The molecule has 20 heavy (non-hydrogen) atoms. The summed E-state index contributed by atoms with van der Waals surface area (Å²) >= 11 is 0. The van der Waals surface area contributed by atoms with E-state index in [1.807, 2.05) is 0 Å². The van der Waals surface area contributed by atoms with Gasteiger partial charge in [0.1, 0.15) is 0 Å². The summed E-state index contributed by atoms with van der Waals surface area (Å²) in [6.07, 6.45) is 6.58. The van der Waals surface area contributed by atoms with Crippen LogP contribution >= 0.6 is 0 Å². The number of hydrogen-bond acceptors (Lipinski definition) is 1. The van der Waals surface area contributed by atoms with Gasteiger partial charge in [-0.3, -0.25) is 0 Å². The van der Waals surface area contributed by atoms with Crippen LogP contribution in [0.15, 0.2) is 72.9 Å². The first-order valence-corrected chi connectivity index (χ1v) is 7.07. The maximum absolute atomic E-state index is 2.36. The predicted octanol–water partition coefficient (Wildman–Crippen LogP) is 4.62. The monoisotopic (exact) mass is 261 g/mol. The van der Waals surface area contributed by atoms with E-state index in [0.717, 1.165) is 13.1 Å². The van der Waals surface area contributed by atoms with Gasteiger partial charge in [-0.2, -0.15) is 0 Å². The van der Waals surface area contributed by atoms with Crippen molar-refractivity contribution in [3.63, 3.8) is 0 Å². The highest BCUT2D eigenvalue weighted by Crippen LogP contribution is 2.23. The number of hydrogen-bond donors (Lipinski definition) is 0. The lowest BCUT2D eigenvalue weighted by Crippen LogP contribution is -2.07. The van der Waals surface area contributed by atoms with E-state index in [-0.39, 0.29) is 0 Å². The summed E-state index contributed by atoms with van der Waals surface area (Å²) in [5.74, 6) is 0. The number of nitrogens with zero attached hydrogens (tertiary/aromatic N) is 1. The van der Waals surface area contributed by atoms with Crippen LogP contribution in [0.2, 0.25) is 0 Å². The summed E-state index contributed by atoms with van der Waals surface area (Å²) in [6.45, 7) is 4.11. The normalized spacial score (nSPS) is 14.8. The van der Waals surface area contributed by atoms with Crippen molar-refractivity contribution in [2.75, 3.05) is 0 Å². The van der Waals surface area contributed by atoms with Gasteiger partial charge in [-0.05, 0) is 35.3 Å². The molecule has 0 spiro atoms. The van der Waals surface area contributed by atoms with Crippen molar-refractivity contribution in [3.05, 3.63) is 89.6 Å². The van der Waals surface area contributed by atoms with Crippen LogP contribution in [0.3, 0.4) is 0 Å². The summed E-state index contributed by atoms with van der Waals surface area (Å²) in [5, 5.41) is 0. The lowest BCUT2D eigenvalue weighted by molar-refractivity contribution is 0.399. The van der Waals surface area contributed by atoms with Gasteiger partial charge in [0.15, 0.2) is 0 Å². The van der Waals surface area contributed by atoms with Gasteiger partial charge in [-0.15, -0.1) is 0 Å². The minimum absolute atomic E-state index is 1.01. The molecule has 0 saturated heterocycles. The van der Waals surface area contributed by atoms with E-state index in [2.05, 4.69) is 84.8 Å². The van der Waals surface area contributed by atoms with Crippen LogP contribution in [-0.4, -0.2) is 4.90 Å². The summed E-state index contributed by atoms with van der Waals surface area (Å²) in [6, 6.07) is 19.2. The Morgan fingerprint density at radius 3 is 2.10 bits per heavy atom. The molecule has 0 radical (unpaired) electrons. The molecule has 0 aromatic heterocycles. The molecule has 0 bridgehead atoms. The zero-order valence-corrected chi connectivity index (χ0v) is 11.8. The van der Waals surface area contributed by atoms with Crippen molar-refractivity contribution in [1.82, 2.24) is 4.90 Å². The van der Waals surface area contributed by atoms with Gasteiger partial charge in [-0.25, -0.2) is 0 Å². The average Bonchev–Trinajstić information content (AvgIpc) is 2.92. The highest BCUT2D eigenvalue weighted by atomic mass is 15.1. The molecular formula is C19H19N. The number of benzene rings is 2. The van der Waals surface area contributed by atoms with E-state index in [9.17, 15) is 0 Å². The second kappa shape index (κ2) is 5.79. The van der Waals surface area contributed by atoms with Crippen molar-refractivity contribution in [3.8, 4) is 0 Å². The molecule has 0 saturated carbocycles. The van der Waals surface area contributed by atoms with E-state index >= 15 is 0 Å². The Balaban J connectivity index is 1.73. The topological polar surface area (TPSA) is 3.24 Å². The van der Waals surface area contributed by atoms with E-state index in [4.69, 9.17) is 0 Å². The summed E-state index contributed by atoms with van der Waals surface area (Å²) in [7, 11) is 0. The smallest absolute Gasteiger partial charge is 0.0431 e. The van der Waals surface area contributed by atoms with Gasteiger partial charge in [0.25, 0.3) is 0 Å². The zero-order valence-electron chi connectivity index (χ0n) is 11.8. The third kappa shape index (κ3) is 2.67. The SMILES string of the molecule is C/C=C(/C=C/N1Cc2ccccc2C1)c1ccccc1. The molecule has 100 valence electrons. The highest BCUT2D eigenvalue weighted by Gasteiger charge is 2.14. The first-order valence-electron chi connectivity index (χ1n) is 7.07. The molecule has 0 aliphatic carbocycles. The van der Waals surface area contributed by atoms with Gasteiger partial charge in [0.05, 0.1) is 0 Å². The molecule has 0 unspecified atom stereocenters. The molecular weight excluding hydrogens is 242 g/mol. The summed E-state index contributed by atoms with van der Waals surface area (Å²) in [5.41, 5.74) is 5.42. The largest absolute Gasteiger partial charge is 0.369 e. The molecule has 0 N–H and O–H groups in total. The minimum atomic E-state index is 1.01. The second-order valence-electron chi connectivity index (χ2n) is 5.10. The van der Waals surface area contributed by atoms with Crippen LogP contribution in [-0.2, 0) is 13.1 Å². The third-order valence-electron chi connectivity index (χ3n) is 3.75. The van der Waals surface area contributed by atoms with Gasteiger partial charge >= 0.3 is 0 Å². The fraction of sp³-hybridized carbons (Fsp3) is 0.158. The second-order valence-corrected chi connectivity index (χ2v) is 5.10. The lowest BCUT2D eigenvalue weighted by atomic mass is 10.1. The van der Waals surface area contributed by atoms with Crippen molar-refractivity contribution >= 4 is 5.57 Å². The Morgan fingerprint density at radius 1 is 0.900 bits per heavy atom. The maximum Gasteiger partial charge on any atom is 0.0431 e. The molecule has 1 heteroatoms. The van der Waals surface area contributed by atoms with E-state index in [0.29, 0.717) is 0 Å². The first-order chi connectivity index (χ1) is 9.86. The van der Waals surface area contributed by atoms with Crippen LogP contribution in [0.1, 0.15) is 23.6 Å². The Hall–Kier alpha value is -2.28. The van der Waals surface area contributed by atoms with Crippen LogP contribution < -0.4 is 0 Å². The third-order valence-corrected chi connectivity index (χ3v) is 3.75. The van der Waals surface area contributed by atoms with E-state index in [1.54, 1.807) is 0 Å². The Bertz CT molecular complexity index is 613. The first kappa shape index (κ1) is 12.7. The molecule has 1 aliphatic rings. The number of rotatable bonds is 3. The maximum atomic E-state index is 2.36. The molecule has 0 fully saturated rings. The fourth-order valence-electron chi connectivity index (χ4n) is 2.64. The van der Waals surface area contributed by atoms with E-state index in [1.165, 1.54) is 22.3 Å². The summed E-state index contributed by atoms with van der Waals surface area (Å²) in [4.78, 5) is 2.36. The Morgan fingerprint density at radius 2 is 1.50 bits per heavy atom.